The number of benzene rings is 1. The molecule has 0 saturated carbocycles. The number of aliphatic hydroxyl groups excluding tert-OH is 1. The predicted molar refractivity (Wildman–Crippen MR) is 71.8 cm³/mol. The summed E-state index contributed by atoms with van der Waals surface area (Å²) in [6.07, 6.45) is -0.541. The largest absolute Gasteiger partial charge is 0.392 e. The van der Waals surface area contributed by atoms with Crippen LogP contribution in [0, 0.1) is 13.8 Å². The van der Waals surface area contributed by atoms with Crippen LogP contribution >= 0.6 is 0 Å². The maximum atomic E-state index is 12.0. The quantitative estimate of drug-likeness (QED) is 0.774. The fourth-order valence-electron chi connectivity index (χ4n) is 2.00. The third-order valence-corrected chi connectivity index (χ3v) is 3.00. The molecular formula is C14H18N2O2. The maximum absolute atomic E-state index is 12.0. The van der Waals surface area contributed by atoms with Gasteiger partial charge in [0.2, 0.25) is 0 Å². The summed E-state index contributed by atoms with van der Waals surface area (Å²) in [4.78, 5) is 15.1. The Bertz CT molecular complexity index is 585. The fourth-order valence-corrected chi connectivity index (χ4v) is 2.00. The minimum atomic E-state index is -0.541. The Morgan fingerprint density at radius 1 is 1.44 bits per heavy atom. The van der Waals surface area contributed by atoms with E-state index >= 15 is 0 Å². The van der Waals surface area contributed by atoms with Gasteiger partial charge in [-0.25, -0.2) is 0 Å². The van der Waals surface area contributed by atoms with Gasteiger partial charge in [0, 0.05) is 17.4 Å². The molecule has 3 N–H and O–H groups in total. The molecule has 2 rings (SSSR count). The van der Waals surface area contributed by atoms with Gasteiger partial charge in [-0.2, -0.15) is 0 Å². The van der Waals surface area contributed by atoms with Crippen molar-refractivity contribution in [2.75, 3.05) is 6.54 Å². The van der Waals surface area contributed by atoms with Crippen LogP contribution in [0.15, 0.2) is 18.2 Å². The average Bonchev–Trinajstić information content (AvgIpc) is 2.64. The van der Waals surface area contributed by atoms with Crippen molar-refractivity contribution in [1.82, 2.24) is 10.3 Å². The van der Waals surface area contributed by atoms with E-state index in [0.29, 0.717) is 5.69 Å². The van der Waals surface area contributed by atoms with Crippen LogP contribution in [0.4, 0.5) is 0 Å². The minimum Gasteiger partial charge on any atom is -0.392 e. The molecule has 0 spiro atoms. The Kier molecular flexibility index (Phi) is 3.39. The first-order chi connectivity index (χ1) is 8.49. The lowest BCUT2D eigenvalue weighted by molar-refractivity contribution is 0.0919. The highest BCUT2D eigenvalue weighted by Gasteiger charge is 2.14. The first-order valence-electron chi connectivity index (χ1n) is 6.04. The number of amides is 1. The van der Waals surface area contributed by atoms with E-state index in [1.807, 2.05) is 26.0 Å². The highest BCUT2D eigenvalue weighted by atomic mass is 16.3. The molecule has 0 bridgehead atoms. The van der Waals surface area contributed by atoms with Crippen LogP contribution < -0.4 is 5.32 Å². The molecule has 1 atom stereocenters. The lowest BCUT2D eigenvalue weighted by atomic mass is 10.1. The van der Waals surface area contributed by atoms with Gasteiger partial charge in [-0.15, -0.1) is 0 Å². The number of aliphatic hydroxyl groups is 1. The molecular weight excluding hydrogens is 228 g/mol. The summed E-state index contributed by atoms with van der Waals surface area (Å²) in [5, 5.41) is 12.9. The minimum absolute atomic E-state index is 0.178. The van der Waals surface area contributed by atoms with Crippen LogP contribution in [0.1, 0.15) is 28.5 Å². The Balaban J connectivity index is 2.34. The molecule has 4 nitrogen and oxygen atoms in total. The average molecular weight is 246 g/mol. The van der Waals surface area contributed by atoms with Gasteiger partial charge in [0.1, 0.15) is 5.69 Å². The number of nitrogens with one attached hydrogen (secondary N) is 2. The van der Waals surface area contributed by atoms with Crippen LogP contribution in [-0.2, 0) is 0 Å². The number of carbonyl (C=O) groups excluding carboxylic acids is 1. The molecule has 1 heterocycles. The SMILES string of the molecule is Cc1ccc2[nH]c(C(=O)NCC(C)O)c(C)c2c1. The second-order valence-electron chi connectivity index (χ2n) is 4.73. The third kappa shape index (κ3) is 2.38. The molecule has 0 radical (unpaired) electrons. The van der Waals surface area contributed by atoms with E-state index in [-0.39, 0.29) is 12.5 Å². The van der Waals surface area contributed by atoms with Gasteiger partial charge in [-0.3, -0.25) is 4.79 Å². The number of hydrogen-bond donors (Lipinski definition) is 3. The summed E-state index contributed by atoms with van der Waals surface area (Å²) >= 11 is 0. The van der Waals surface area contributed by atoms with Gasteiger partial charge in [0.25, 0.3) is 5.91 Å². The van der Waals surface area contributed by atoms with Crippen molar-refractivity contribution >= 4 is 16.8 Å². The summed E-state index contributed by atoms with van der Waals surface area (Å²) in [6.45, 7) is 5.85. The summed E-state index contributed by atoms with van der Waals surface area (Å²) < 4.78 is 0. The van der Waals surface area contributed by atoms with Crippen molar-refractivity contribution < 1.29 is 9.90 Å². The number of carbonyl (C=O) groups is 1. The van der Waals surface area contributed by atoms with Gasteiger partial charge in [-0.05, 0) is 38.5 Å². The number of aryl methyl sites for hydroxylation is 2. The highest BCUT2D eigenvalue weighted by Crippen LogP contribution is 2.22. The lowest BCUT2D eigenvalue weighted by Crippen LogP contribution is -2.31. The first kappa shape index (κ1) is 12.6. The number of H-pyrrole nitrogens is 1. The first-order valence-corrected chi connectivity index (χ1v) is 6.04. The zero-order valence-corrected chi connectivity index (χ0v) is 10.9. The normalized spacial score (nSPS) is 12.7. The zero-order chi connectivity index (χ0) is 13.3. The summed E-state index contributed by atoms with van der Waals surface area (Å²) in [5.74, 6) is -0.178. The van der Waals surface area contributed by atoms with Crippen LogP contribution in [0.5, 0.6) is 0 Å². The summed E-state index contributed by atoms with van der Waals surface area (Å²) in [5.41, 5.74) is 3.63. The molecule has 1 amide bonds. The Morgan fingerprint density at radius 2 is 2.17 bits per heavy atom. The van der Waals surface area contributed by atoms with Crippen molar-refractivity contribution in [3.8, 4) is 0 Å². The van der Waals surface area contributed by atoms with Crippen molar-refractivity contribution in [2.24, 2.45) is 0 Å². The Labute approximate surface area is 106 Å². The second kappa shape index (κ2) is 4.82. The zero-order valence-electron chi connectivity index (χ0n) is 10.9. The monoisotopic (exact) mass is 246 g/mol. The van der Waals surface area contributed by atoms with E-state index in [1.54, 1.807) is 6.92 Å². The van der Waals surface area contributed by atoms with E-state index < -0.39 is 6.10 Å². The molecule has 1 aromatic carbocycles. The number of rotatable bonds is 3. The van der Waals surface area contributed by atoms with Gasteiger partial charge in [-0.1, -0.05) is 11.6 Å². The van der Waals surface area contributed by atoms with Crippen LogP contribution in [-0.4, -0.2) is 28.6 Å². The molecule has 18 heavy (non-hydrogen) atoms. The highest BCUT2D eigenvalue weighted by molar-refractivity contribution is 6.01. The standard InChI is InChI=1S/C14H18N2O2/c1-8-4-5-12-11(6-8)10(3)13(16-12)14(18)15-7-9(2)17/h4-6,9,16-17H,7H2,1-3H3,(H,15,18). The third-order valence-electron chi connectivity index (χ3n) is 3.00. The summed E-state index contributed by atoms with van der Waals surface area (Å²) in [6, 6.07) is 6.05. The van der Waals surface area contributed by atoms with Gasteiger partial charge in [0.05, 0.1) is 6.10 Å². The number of aromatic amines is 1. The van der Waals surface area contributed by atoms with Gasteiger partial charge >= 0.3 is 0 Å². The lowest BCUT2D eigenvalue weighted by Gasteiger charge is -2.06. The van der Waals surface area contributed by atoms with Crippen molar-refractivity contribution in [1.29, 1.82) is 0 Å². The Hall–Kier alpha value is -1.81. The van der Waals surface area contributed by atoms with Crippen molar-refractivity contribution in [3.63, 3.8) is 0 Å². The molecule has 1 unspecified atom stereocenters. The van der Waals surface area contributed by atoms with E-state index in [4.69, 9.17) is 5.11 Å². The van der Waals surface area contributed by atoms with Crippen molar-refractivity contribution in [3.05, 3.63) is 35.0 Å². The molecule has 2 aromatic rings. The molecule has 4 heteroatoms. The van der Waals surface area contributed by atoms with Crippen LogP contribution in [0.2, 0.25) is 0 Å². The topological polar surface area (TPSA) is 65.1 Å². The van der Waals surface area contributed by atoms with E-state index in [9.17, 15) is 4.79 Å². The van der Waals surface area contributed by atoms with Gasteiger partial charge < -0.3 is 15.4 Å². The smallest absolute Gasteiger partial charge is 0.268 e. The fraction of sp³-hybridized carbons (Fsp3) is 0.357. The number of aromatic nitrogens is 1. The van der Waals surface area contributed by atoms with Crippen LogP contribution in [0.25, 0.3) is 10.9 Å². The van der Waals surface area contributed by atoms with E-state index in [1.165, 1.54) is 5.56 Å². The molecule has 0 aliphatic heterocycles. The van der Waals surface area contributed by atoms with E-state index in [2.05, 4.69) is 16.4 Å². The number of hydrogen-bond acceptors (Lipinski definition) is 2. The summed E-state index contributed by atoms with van der Waals surface area (Å²) in [7, 11) is 0. The maximum Gasteiger partial charge on any atom is 0.268 e. The second-order valence-corrected chi connectivity index (χ2v) is 4.73. The number of fused-ring (bicyclic) bond motifs is 1. The molecule has 0 aliphatic rings. The predicted octanol–water partition coefficient (Wildman–Crippen LogP) is 1.90. The van der Waals surface area contributed by atoms with Crippen LogP contribution in [0.3, 0.4) is 0 Å². The van der Waals surface area contributed by atoms with E-state index in [0.717, 1.165) is 16.5 Å². The van der Waals surface area contributed by atoms with Crippen molar-refractivity contribution in [2.45, 2.75) is 26.9 Å². The molecule has 0 fully saturated rings. The molecule has 96 valence electrons. The Morgan fingerprint density at radius 3 is 2.83 bits per heavy atom. The molecule has 0 saturated heterocycles. The van der Waals surface area contributed by atoms with Gasteiger partial charge in [0.15, 0.2) is 0 Å². The molecule has 1 aromatic heterocycles. The molecule has 0 aliphatic carbocycles.